The van der Waals surface area contributed by atoms with Gasteiger partial charge >= 0.3 is 0 Å². The number of pyridine rings is 1. The maximum atomic E-state index is 11.4. The van der Waals surface area contributed by atoms with E-state index in [4.69, 9.17) is 0 Å². The van der Waals surface area contributed by atoms with Crippen molar-refractivity contribution in [2.75, 3.05) is 6.54 Å². The van der Waals surface area contributed by atoms with Crippen LogP contribution in [-0.2, 0) is 0 Å². The van der Waals surface area contributed by atoms with Crippen LogP contribution in [0.4, 0.5) is 0 Å². The summed E-state index contributed by atoms with van der Waals surface area (Å²) in [4.78, 5) is 15.4. The SMILES string of the molecule is CCNC(=O)c1nc(C)c(C)cc1O. The summed E-state index contributed by atoms with van der Waals surface area (Å²) in [6.07, 6.45) is 0. The number of aryl methyl sites for hydroxylation is 2. The van der Waals surface area contributed by atoms with Crippen LogP contribution in [0.15, 0.2) is 6.07 Å². The molecule has 0 saturated carbocycles. The highest BCUT2D eigenvalue weighted by Crippen LogP contribution is 2.17. The number of nitrogens with one attached hydrogen (secondary N) is 1. The van der Waals surface area contributed by atoms with Crippen molar-refractivity contribution in [2.24, 2.45) is 0 Å². The van der Waals surface area contributed by atoms with Crippen molar-refractivity contribution in [2.45, 2.75) is 20.8 Å². The van der Waals surface area contributed by atoms with E-state index in [0.717, 1.165) is 11.3 Å². The highest BCUT2D eigenvalue weighted by molar-refractivity contribution is 5.94. The Hall–Kier alpha value is -1.58. The molecule has 76 valence electrons. The molecule has 4 nitrogen and oxygen atoms in total. The molecule has 0 aromatic carbocycles. The largest absolute Gasteiger partial charge is 0.505 e. The molecule has 0 atom stereocenters. The molecular weight excluding hydrogens is 180 g/mol. The van der Waals surface area contributed by atoms with Gasteiger partial charge in [-0.1, -0.05) is 0 Å². The molecule has 1 rings (SSSR count). The number of nitrogens with zero attached hydrogens (tertiary/aromatic N) is 1. The van der Waals surface area contributed by atoms with E-state index in [-0.39, 0.29) is 17.4 Å². The Kier molecular flexibility index (Phi) is 3.06. The smallest absolute Gasteiger partial charge is 0.273 e. The predicted molar refractivity (Wildman–Crippen MR) is 53.4 cm³/mol. The molecule has 1 amide bonds. The standard InChI is InChI=1S/C10H14N2O2/c1-4-11-10(14)9-8(13)5-6(2)7(3)12-9/h5,13H,4H2,1-3H3,(H,11,14). The molecule has 0 aliphatic rings. The van der Waals surface area contributed by atoms with Crippen LogP contribution in [-0.4, -0.2) is 22.5 Å². The van der Waals surface area contributed by atoms with E-state index in [1.165, 1.54) is 0 Å². The molecule has 1 aromatic rings. The lowest BCUT2D eigenvalue weighted by molar-refractivity contribution is 0.0947. The summed E-state index contributed by atoms with van der Waals surface area (Å²) < 4.78 is 0. The van der Waals surface area contributed by atoms with E-state index in [2.05, 4.69) is 10.3 Å². The van der Waals surface area contributed by atoms with Gasteiger partial charge in [-0.3, -0.25) is 4.79 Å². The van der Waals surface area contributed by atoms with Gasteiger partial charge in [0.1, 0.15) is 5.75 Å². The van der Waals surface area contributed by atoms with Gasteiger partial charge in [0, 0.05) is 12.2 Å². The third-order valence-corrected chi connectivity index (χ3v) is 2.00. The second-order valence-electron chi connectivity index (χ2n) is 3.12. The van der Waals surface area contributed by atoms with E-state index in [9.17, 15) is 9.90 Å². The molecule has 0 radical (unpaired) electrons. The predicted octanol–water partition coefficient (Wildman–Crippen LogP) is 1.15. The Bertz CT molecular complexity index is 361. The summed E-state index contributed by atoms with van der Waals surface area (Å²) in [6, 6.07) is 1.55. The molecule has 0 unspecified atom stereocenters. The second kappa shape index (κ2) is 4.09. The van der Waals surface area contributed by atoms with Crippen LogP contribution < -0.4 is 5.32 Å². The van der Waals surface area contributed by atoms with Gasteiger partial charge in [-0.05, 0) is 32.4 Å². The molecule has 2 N–H and O–H groups in total. The Labute approximate surface area is 83.0 Å². The minimum atomic E-state index is -0.340. The average molecular weight is 194 g/mol. The van der Waals surface area contributed by atoms with Crippen molar-refractivity contribution in [3.05, 3.63) is 23.0 Å². The van der Waals surface area contributed by atoms with E-state index >= 15 is 0 Å². The van der Waals surface area contributed by atoms with E-state index in [1.807, 2.05) is 13.8 Å². The second-order valence-corrected chi connectivity index (χ2v) is 3.12. The lowest BCUT2D eigenvalue weighted by atomic mass is 10.2. The van der Waals surface area contributed by atoms with E-state index < -0.39 is 0 Å². The van der Waals surface area contributed by atoms with Crippen molar-refractivity contribution in [3.63, 3.8) is 0 Å². The van der Waals surface area contributed by atoms with Crippen molar-refractivity contribution in [1.82, 2.24) is 10.3 Å². The highest BCUT2D eigenvalue weighted by atomic mass is 16.3. The number of carbonyl (C=O) groups is 1. The maximum Gasteiger partial charge on any atom is 0.273 e. The van der Waals surface area contributed by atoms with Crippen molar-refractivity contribution >= 4 is 5.91 Å². The lowest BCUT2D eigenvalue weighted by Crippen LogP contribution is -2.24. The molecule has 0 spiro atoms. The topological polar surface area (TPSA) is 62.2 Å². The molecule has 1 heterocycles. The van der Waals surface area contributed by atoms with Gasteiger partial charge in [0.15, 0.2) is 5.69 Å². The highest BCUT2D eigenvalue weighted by Gasteiger charge is 2.13. The molecular formula is C10H14N2O2. The minimum Gasteiger partial charge on any atom is -0.505 e. The minimum absolute atomic E-state index is 0.0703. The monoisotopic (exact) mass is 194 g/mol. The van der Waals surface area contributed by atoms with Gasteiger partial charge in [0.05, 0.1) is 0 Å². The summed E-state index contributed by atoms with van der Waals surface area (Å²) >= 11 is 0. The molecule has 0 bridgehead atoms. The fourth-order valence-corrected chi connectivity index (χ4v) is 1.10. The summed E-state index contributed by atoms with van der Waals surface area (Å²) in [5.41, 5.74) is 1.72. The number of carbonyl (C=O) groups excluding carboxylic acids is 1. The maximum absolute atomic E-state index is 11.4. The number of hydrogen-bond donors (Lipinski definition) is 2. The van der Waals surface area contributed by atoms with Gasteiger partial charge in [-0.2, -0.15) is 0 Å². The van der Waals surface area contributed by atoms with Crippen LogP contribution in [0.25, 0.3) is 0 Å². The van der Waals surface area contributed by atoms with Crippen LogP contribution in [0.5, 0.6) is 5.75 Å². The van der Waals surface area contributed by atoms with Gasteiger partial charge in [0.2, 0.25) is 0 Å². The van der Waals surface area contributed by atoms with E-state index in [0.29, 0.717) is 6.54 Å². The summed E-state index contributed by atoms with van der Waals surface area (Å²) in [5.74, 6) is -0.410. The zero-order valence-corrected chi connectivity index (χ0v) is 8.59. The Morgan fingerprint density at radius 1 is 1.57 bits per heavy atom. The first-order valence-corrected chi connectivity index (χ1v) is 4.51. The third kappa shape index (κ3) is 2.02. The van der Waals surface area contributed by atoms with Crippen LogP contribution in [0.2, 0.25) is 0 Å². The summed E-state index contributed by atoms with van der Waals surface area (Å²) in [5, 5.41) is 12.1. The summed E-state index contributed by atoms with van der Waals surface area (Å²) in [7, 11) is 0. The normalized spacial score (nSPS) is 9.93. The van der Waals surface area contributed by atoms with Crippen LogP contribution in [0.3, 0.4) is 0 Å². The fraction of sp³-hybridized carbons (Fsp3) is 0.400. The van der Waals surface area contributed by atoms with Gasteiger partial charge in [-0.25, -0.2) is 4.98 Å². The Balaban J connectivity index is 3.09. The summed E-state index contributed by atoms with van der Waals surface area (Å²) in [6.45, 7) is 5.98. The van der Waals surface area contributed by atoms with E-state index in [1.54, 1.807) is 13.0 Å². The molecule has 1 aromatic heterocycles. The Morgan fingerprint density at radius 3 is 2.79 bits per heavy atom. The van der Waals surface area contributed by atoms with Gasteiger partial charge < -0.3 is 10.4 Å². The number of aromatic nitrogens is 1. The number of rotatable bonds is 2. The first kappa shape index (κ1) is 10.5. The molecule has 0 aliphatic carbocycles. The van der Waals surface area contributed by atoms with Crippen molar-refractivity contribution < 1.29 is 9.90 Å². The Morgan fingerprint density at radius 2 is 2.21 bits per heavy atom. The van der Waals surface area contributed by atoms with Gasteiger partial charge in [-0.15, -0.1) is 0 Å². The third-order valence-electron chi connectivity index (χ3n) is 2.00. The first-order valence-electron chi connectivity index (χ1n) is 4.51. The number of hydrogen-bond acceptors (Lipinski definition) is 3. The van der Waals surface area contributed by atoms with Crippen LogP contribution >= 0.6 is 0 Å². The van der Waals surface area contributed by atoms with Crippen molar-refractivity contribution in [1.29, 1.82) is 0 Å². The molecule has 14 heavy (non-hydrogen) atoms. The molecule has 0 saturated heterocycles. The van der Waals surface area contributed by atoms with Crippen molar-refractivity contribution in [3.8, 4) is 5.75 Å². The quantitative estimate of drug-likeness (QED) is 0.742. The molecule has 0 aliphatic heterocycles. The fourth-order valence-electron chi connectivity index (χ4n) is 1.10. The molecule has 4 heteroatoms. The zero-order valence-electron chi connectivity index (χ0n) is 8.59. The number of aromatic hydroxyl groups is 1. The van der Waals surface area contributed by atoms with Crippen LogP contribution in [0, 0.1) is 13.8 Å². The van der Waals surface area contributed by atoms with Gasteiger partial charge in [0.25, 0.3) is 5.91 Å². The zero-order chi connectivity index (χ0) is 10.7. The van der Waals surface area contributed by atoms with Crippen LogP contribution in [0.1, 0.15) is 28.7 Å². The molecule has 0 fully saturated rings. The first-order chi connectivity index (χ1) is 6.56. The number of amides is 1. The average Bonchev–Trinajstić information content (AvgIpc) is 2.11. The lowest BCUT2D eigenvalue weighted by Gasteiger charge is -2.06.